The summed E-state index contributed by atoms with van der Waals surface area (Å²) in [5.41, 5.74) is 4.41. The van der Waals surface area contributed by atoms with Crippen molar-refractivity contribution >= 4 is 23.7 Å². The Hall–Kier alpha value is -4.88. The molecule has 288 valence electrons. The number of nitrogens with zero attached hydrogens (tertiary/aromatic N) is 3. The topological polar surface area (TPSA) is 172 Å². The second-order valence-electron chi connectivity index (χ2n) is 15.1. The molecule has 7 heterocycles. The molecule has 7 aliphatic heterocycles. The summed E-state index contributed by atoms with van der Waals surface area (Å²) in [6.45, 7) is 5.28. The van der Waals surface area contributed by atoms with Crippen LogP contribution in [-0.2, 0) is 32.7 Å². The number of carbonyl (C=O) groups is 2. The predicted molar refractivity (Wildman–Crippen MR) is 198 cm³/mol. The molecule has 0 amide bonds. The van der Waals surface area contributed by atoms with Gasteiger partial charge in [-0.2, -0.15) is 5.26 Å². The SMILES string of the molecule is COc1cc2c(cc1O)CCNC21CS[C@H]2c3c(OC(C)=O)c(C)c4c(c3[C@H](COC1=O)N1[C@@H]2[C@H]2c3c(cc(C)c(OC)c3O)CC([C@@H]1C#N)N2C)OCO4. The number of hydrogen-bond acceptors (Lipinski definition) is 15. The largest absolute Gasteiger partial charge is 0.504 e. The lowest BCUT2D eigenvalue weighted by Gasteiger charge is -2.62. The van der Waals surface area contributed by atoms with Crippen molar-refractivity contribution in [1.82, 2.24) is 15.1 Å². The van der Waals surface area contributed by atoms with Gasteiger partial charge in [0.1, 0.15) is 18.4 Å². The van der Waals surface area contributed by atoms with Gasteiger partial charge in [0.15, 0.2) is 40.0 Å². The minimum atomic E-state index is -1.36. The Bertz CT molecular complexity index is 2220. The number of likely N-dealkylation sites (N-methyl/N-ethyl adjacent to an activating group) is 1. The fraction of sp³-hybridized carbons (Fsp3) is 0.475. The summed E-state index contributed by atoms with van der Waals surface area (Å²) in [5.74, 6) is 0.973. The number of fused-ring (bicyclic) bond motifs is 9. The molecule has 7 aliphatic rings. The van der Waals surface area contributed by atoms with Crippen molar-refractivity contribution in [2.75, 3.05) is 47.0 Å². The van der Waals surface area contributed by atoms with Crippen LogP contribution in [0.4, 0.5) is 0 Å². The van der Waals surface area contributed by atoms with E-state index in [1.807, 2.05) is 27.0 Å². The third-order valence-corrected chi connectivity index (χ3v) is 13.9. The minimum Gasteiger partial charge on any atom is -0.504 e. The fourth-order valence-electron chi connectivity index (χ4n) is 10.2. The summed E-state index contributed by atoms with van der Waals surface area (Å²) in [6.07, 6.45) is 1.05. The first-order valence-electron chi connectivity index (χ1n) is 18.3. The van der Waals surface area contributed by atoms with Crippen molar-refractivity contribution in [2.24, 2.45) is 0 Å². The Morgan fingerprint density at radius 2 is 1.84 bits per heavy atom. The van der Waals surface area contributed by atoms with Crippen LogP contribution < -0.4 is 29.0 Å². The molecular formula is C40H42N4O10S. The number of aromatic hydroxyl groups is 2. The van der Waals surface area contributed by atoms with Gasteiger partial charge < -0.3 is 38.6 Å². The number of benzene rings is 3. The smallest absolute Gasteiger partial charge is 0.331 e. The van der Waals surface area contributed by atoms with Gasteiger partial charge in [0.2, 0.25) is 6.79 Å². The van der Waals surface area contributed by atoms with Gasteiger partial charge in [0.05, 0.1) is 37.6 Å². The summed E-state index contributed by atoms with van der Waals surface area (Å²) in [7, 11) is 4.99. The Labute approximate surface area is 322 Å². The number of piperazine rings is 1. The van der Waals surface area contributed by atoms with Crippen LogP contribution in [0.2, 0.25) is 0 Å². The van der Waals surface area contributed by atoms with Crippen LogP contribution in [0.25, 0.3) is 0 Å². The molecule has 0 radical (unpaired) electrons. The number of hydrogen-bond donors (Lipinski definition) is 3. The van der Waals surface area contributed by atoms with Crippen LogP contribution in [-0.4, -0.2) is 97.0 Å². The van der Waals surface area contributed by atoms with Crippen LogP contribution in [0.15, 0.2) is 18.2 Å². The van der Waals surface area contributed by atoms with Crippen LogP contribution >= 0.6 is 11.8 Å². The molecule has 3 N–H and O–H groups in total. The molecule has 15 heteroatoms. The van der Waals surface area contributed by atoms with Gasteiger partial charge in [0.25, 0.3) is 0 Å². The third-order valence-electron chi connectivity index (χ3n) is 12.4. The van der Waals surface area contributed by atoms with Gasteiger partial charge in [-0.05, 0) is 68.1 Å². The molecule has 55 heavy (non-hydrogen) atoms. The number of esters is 2. The number of carbonyl (C=O) groups excluding carboxylic acids is 2. The number of ether oxygens (including phenoxy) is 6. The molecule has 4 bridgehead atoms. The summed E-state index contributed by atoms with van der Waals surface area (Å²) in [5, 5.41) is 36.9. The summed E-state index contributed by atoms with van der Waals surface area (Å²) < 4.78 is 36.1. The highest BCUT2D eigenvalue weighted by Gasteiger charge is 2.62. The second kappa shape index (κ2) is 12.8. The van der Waals surface area contributed by atoms with E-state index < -0.39 is 46.9 Å². The van der Waals surface area contributed by atoms with Gasteiger partial charge in [-0.25, -0.2) is 4.79 Å². The predicted octanol–water partition coefficient (Wildman–Crippen LogP) is 3.99. The third kappa shape index (κ3) is 4.90. The first kappa shape index (κ1) is 35.8. The lowest BCUT2D eigenvalue weighted by atomic mass is 9.71. The molecule has 7 atom stereocenters. The van der Waals surface area contributed by atoms with Gasteiger partial charge in [-0.3, -0.25) is 19.9 Å². The number of methoxy groups -OCH3 is 2. The van der Waals surface area contributed by atoms with Crippen LogP contribution in [0.3, 0.4) is 0 Å². The van der Waals surface area contributed by atoms with E-state index in [1.54, 1.807) is 12.1 Å². The van der Waals surface area contributed by atoms with Crippen LogP contribution in [0.1, 0.15) is 68.8 Å². The molecular weight excluding hydrogens is 729 g/mol. The average molecular weight is 771 g/mol. The zero-order valence-corrected chi connectivity index (χ0v) is 32.2. The fourth-order valence-corrected chi connectivity index (χ4v) is 11.9. The molecule has 2 fully saturated rings. The molecule has 3 aromatic carbocycles. The van der Waals surface area contributed by atoms with Crippen molar-refractivity contribution in [1.29, 1.82) is 5.26 Å². The van der Waals surface area contributed by atoms with Gasteiger partial charge >= 0.3 is 11.9 Å². The molecule has 10 rings (SSSR count). The zero-order valence-electron chi connectivity index (χ0n) is 31.3. The van der Waals surface area contributed by atoms with Gasteiger partial charge in [-0.15, -0.1) is 11.8 Å². The van der Waals surface area contributed by atoms with Crippen molar-refractivity contribution in [3.63, 3.8) is 0 Å². The molecule has 2 saturated heterocycles. The summed E-state index contributed by atoms with van der Waals surface area (Å²) >= 11 is 1.48. The Kier molecular flexibility index (Phi) is 8.36. The van der Waals surface area contributed by atoms with Crippen LogP contribution in [0, 0.1) is 25.2 Å². The molecule has 0 aromatic heterocycles. The molecule has 0 saturated carbocycles. The van der Waals surface area contributed by atoms with E-state index in [9.17, 15) is 25.1 Å². The first-order valence-corrected chi connectivity index (χ1v) is 19.4. The van der Waals surface area contributed by atoms with Crippen molar-refractivity contribution in [3.05, 3.63) is 62.7 Å². The van der Waals surface area contributed by atoms with E-state index in [-0.39, 0.29) is 42.4 Å². The number of aryl methyl sites for hydroxylation is 1. The number of phenols is 2. The molecule has 2 unspecified atom stereocenters. The number of nitriles is 1. The normalized spacial score (nSPS) is 28.9. The van der Waals surface area contributed by atoms with E-state index in [2.05, 4.69) is 21.2 Å². The molecule has 14 nitrogen and oxygen atoms in total. The van der Waals surface area contributed by atoms with Gasteiger partial charge in [0, 0.05) is 53.6 Å². The maximum Gasteiger partial charge on any atom is 0.331 e. The van der Waals surface area contributed by atoms with Crippen molar-refractivity contribution < 1.29 is 48.2 Å². The van der Waals surface area contributed by atoms with Crippen molar-refractivity contribution in [3.8, 4) is 46.3 Å². The van der Waals surface area contributed by atoms with E-state index >= 15 is 0 Å². The maximum absolute atomic E-state index is 14.7. The molecule has 3 aromatic rings. The standard InChI is InChI=1S/C40H42N4O10S/c1-17-9-21-10-23-24(13-41)44-25-14-51-39(48)40(22-12-27(49-5)26(46)11-20(22)7-8-42-40)15-55-38(32(44)31(43(23)4)28(21)33(47)34(17)50-6)30-29(25)37-36(52-16-53-37)18(2)35(30)54-19(3)45/h9,11-12,23-25,31-32,38,42,46-47H,7-8,10,14-16H2,1-6H3/t23?,24-,25-,31+,32+,38-,40?/m0/s1. The summed E-state index contributed by atoms with van der Waals surface area (Å²) in [4.78, 5) is 32.0. The zero-order chi connectivity index (χ0) is 38.7. The van der Waals surface area contributed by atoms with E-state index in [1.165, 1.54) is 32.9 Å². The van der Waals surface area contributed by atoms with E-state index in [0.29, 0.717) is 70.2 Å². The quantitative estimate of drug-likeness (QED) is 0.258. The highest BCUT2D eigenvalue weighted by Crippen LogP contribution is 2.64. The second-order valence-corrected chi connectivity index (χ2v) is 16.2. The number of phenolic OH excluding ortho intramolecular Hbond substituents is 2. The number of thioether (sulfide) groups is 1. The molecule has 0 aliphatic carbocycles. The monoisotopic (exact) mass is 770 g/mol. The highest BCUT2D eigenvalue weighted by atomic mass is 32.2. The Morgan fingerprint density at radius 3 is 2.56 bits per heavy atom. The number of nitrogens with one attached hydrogen (secondary N) is 1. The maximum atomic E-state index is 14.7. The lowest BCUT2D eigenvalue weighted by Crippen LogP contribution is -2.69. The number of rotatable bonds is 3. The van der Waals surface area contributed by atoms with E-state index in [0.717, 1.165) is 16.7 Å². The Morgan fingerprint density at radius 1 is 1.05 bits per heavy atom. The molecule has 1 spiro atoms. The first-order chi connectivity index (χ1) is 26.4. The Balaban J connectivity index is 1.33. The average Bonchev–Trinajstić information content (AvgIpc) is 3.65. The lowest BCUT2D eigenvalue weighted by molar-refractivity contribution is -0.157. The van der Waals surface area contributed by atoms with Crippen molar-refractivity contribution in [2.45, 2.75) is 74.6 Å². The highest BCUT2D eigenvalue weighted by molar-refractivity contribution is 7.99. The van der Waals surface area contributed by atoms with E-state index in [4.69, 9.17) is 28.4 Å². The minimum absolute atomic E-state index is 0.0239. The summed E-state index contributed by atoms with van der Waals surface area (Å²) in [6, 6.07) is 5.28. The van der Waals surface area contributed by atoms with Gasteiger partial charge in [-0.1, -0.05) is 6.07 Å². The van der Waals surface area contributed by atoms with Crippen LogP contribution in [0.5, 0.6) is 40.2 Å².